The summed E-state index contributed by atoms with van der Waals surface area (Å²) in [6.07, 6.45) is 0.756. The normalized spacial score (nSPS) is 21.8. The number of aromatic nitrogens is 2. The van der Waals surface area contributed by atoms with Crippen molar-refractivity contribution in [1.29, 1.82) is 0 Å². The zero-order valence-electron chi connectivity index (χ0n) is 13.8. The summed E-state index contributed by atoms with van der Waals surface area (Å²) in [6, 6.07) is 5.43. The highest BCUT2D eigenvalue weighted by atomic mass is 19.1. The first-order valence-electron chi connectivity index (χ1n) is 8.34. The first kappa shape index (κ1) is 16.4. The summed E-state index contributed by atoms with van der Waals surface area (Å²) < 4.78 is 13.7. The second kappa shape index (κ2) is 6.95. The Balaban J connectivity index is 1.67. The lowest BCUT2D eigenvalue weighted by Crippen LogP contribution is -2.54. The number of para-hydroxylation sites is 1. The summed E-state index contributed by atoms with van der Waals surface area (Å²) in [7, 11) is 0. The van der Waals surface area contributed by atoms with Crippen LogP contribution in [-0.4, -0.2) is 63.2 Å². The fourth-order valence-electron chi connectivity index (χ4n) is 3.40. The Bertz CT molecular complexity index is 657. The maximum atomic E-state index is 13.7. The fourth-order valence-corrected chi connectivity index (χ4v) is 3.40. The van der Waals surface area contributed by atoms with Crippen LogP contribution in [-0.2, 0) is 6.54 Å². The number of nitrogens with one attached hydrogen (secondary N) is 1. The molecule has 1 saturated heterocycles. The van der Waals surface area contributed by atoms with E-state index in [-0.39, 0.29) is 11.9 Å². The minimum Gasteiger partial charge on any atom is -0.392 e. The number of benzene rings is 1. The molecule has 0 spiro atoms. The summed E-state index contributed by atoms with van der Waals surface area (Å²) in [5.74, 6) is 0.530. The van der Waals surface area contributed by atoms with Gasteiger partial charge in [-0.05, 0) is 25.5 Å². The van der Waals surface area contributed by atoms with Gasteiger partial charge >= 0.3 is 0 Å². The van der Waals surface area contributed by atoms with Gasteiger partial charge in [0.25, 0.3) is 0 Å². The van der Waals surface area contributed by atoms with Crippen molar-refractivity contribution in [2.45, 2.75) is 39.0 Å². The number of aromatic amines is 1. The highest BCUT2D eigenvalue weighted by Crippen LogP contribution is 2.18. The Hall–Kier alpha value is -1.50. The number of H-pyrrole nitrogens is 1. The summed E-state index contributed by atoms with van der Waals surface area (Å²) in [4.78, 5) is 12.3. The van der Waals surface area contributed by atoms with Crippen LogP contribution in [0.15, 0.2) is 18.2 Å². The first-order valence-corrected chi connectivity index (χ1v) is 8.34. The molecule has 2 atom stereocenters. The van der Waals surface area contributed by atoms with Gasteiger partial charge < -0.3 is 10.1 Å². The number of fused-ring (bicyclic) bond motifs is 1. The first-order chi connectivity index (χ1) is 11.1. The standard InChI is InChI=1S/C17H25FN4O/c1-3-13-10-21(7-8-22(13)9-12(2)23)11-16-19-15-6-4-5-14(18)17(15)20-16/h4-6,12-13,23H,3,7-11H2,1-2H3,(H,19,20)/t12-,13+/m1/s1. The lowest BCUT2D eigenvalue weighted by Gasteiger charge is -2.41. The van der Waals surface area contributed by atoms with Crippen molar-refractivity contribution in [2.24, 2.45) is 0 Å². The summed E-state index contributed by atoms with van der Waals surface area (Å²) in [5.41, 5.74) is 1.17. The van der Waals surface area contributed by atoms with E-state index in [1.54, 1.807) is 6.07 Å². The number of aliphatic hydroxyl groups is 1. The van der Waals surface area contributed by atoms with E-state index >= 15 is 0 Å². The number of piperazine rings is 1. The van der Waals surface area contributed by atoms with E-state index < -0.39 is 0 Å². The highest BCUT2D eigenvalue weighted by Gasteiger charge is 2.26. The van der Waals surface area contributed by atoms with E-state index in [0.717, 1.165) is 43.9 Å². The molecule has 126 valence electrons. The van der Waals surface area contributed by atoms with E-state index in [2.05, 4.69) is 26.7 Å². The minimum atomic E-state index is -0.297. The monoisotopic (exact) mass is 320 g/mol. The van der Waals surface area contributed by atoms with Crippen LogP contribution in [0, 0.1) is 5.82 Å². The average Bonchev–Trinajstić information content (AvgIpc) is 2.92. The summed E-state index contributed by atoms with van der Waals surface area (Å²) in [6.45, 7) is 8.26. The van der Waals surface area contributed by atoms with Crippen LogP contribution in [0.3, 0.4) is 0 Å². The van der Waals surface area contributed by atoms with E-state index in [1.807, 2.05) is 13.0 Å². The molecule has 23 heavy (non-hydrogen) atoms. The number of β-amino-alcohol motifs (C(OH)–C–C–N with tert-alkyl or cyclic N) is 1. The van der Waals surface area contributed by atoms with Crippen LogP contribution >= 0.6 is 0 Å². The molecule has 1 aliphatic heterocycles. The van der Waals surface area contributed by atoms with Gasteiger partial charge in [-0.25, -0.2) is 9.37 Å². The van der Waals surface area contributed by atoms with Gasteiger partial charge in [0.05, 0.1) is 18.2 Å². The predicted octanol–water partition coefficient (Wildman–Crippen LogP) is 1.98. The number of aliphatic hydroxyl groups excluding tert-OH is 1. The van der Waals surface area contributed by atoms with E-state index in [0.29, 0.717) is 18.1 Å². The van der Waals surface area contributed by atoms with Crippen LogP contribution in [0.1, 0.15) is 26.1 Å². The molecule has 0 radical (unpaired) electrons. The Labute approximate surface area is 136 Å². The third-order valence-corrected chi connectivity index (χ3v) is 4.54. The minimum absolute atomic E-state index is 0.279. The van der Waals surface area contributed by atoms with Gasteiger partial charge in [0.15, 0.2) is 5.82 Å². The molecule has 0 unspecified atom stereocenters. The average molecular weight is 320 g/mol. The summed E-state index contributed by atoms with van der Waals surface area (Å²) in [5, 5.41) is 9.62. The van der Waals surface area contributed by atoms with Crippen molar-refractivity contribution in [1.82, 2.24) is 19.8 Å². The lowest BCUT2D eigenvalue weighted by atomic mass is 10.1. The second-order valence-corrected chi connectivity index (χ2v) is 6.46. The highest BCUT2D eigenvalue weighted by molar-refractivity contribution is 5.75. The van der Waals surface area contributed by atoms with Gasteiger partial charge in [-0.2, -0.15) is 0 Å². The molecule has 1 fully saturated rings. The Kier molecular flexibility index (Phi) is 4.94. The molecule has 2 aromatic rings. The third-order valence-electron chi connectivity index (χ3n) is 4.54. The topological polar surface area (TPSA) is 55.4 Å². The van der Waals surface area contributed by atoms with Crippen LogP contribution in [0.4, 0.5) is 4.39 Å². The Morgan fingerprint density at radius 3 is 2.96 bits per heavy atom. The van der Waals surface area contributed by atoms with Gasteiger partial charge in [0, 0.05) is 32.2 Å². The molecule has 0 saturated carbocycles. The molecule has 0 bridgehead atoms. The molecule has 1 aliphatic rings. The molecule has 2 heterocycles. The van der Waals surface area contributed by atoms with Crippen molar-refractivity contribution < 1.29 is 9.50 Å². The van der Waals surface area contributed by atoms with E-state index in [9.17, 15) is 9.50 Å². The van der Waals surface area contributed by atoms with Gasteiger partial charge in [-0.15, -0.1) is 0 Å². The number of hydrogen-bond acceptors (Lipinski definition) is 4. The van der Waals surface area contributed by atoms with Crippen LogP contribution in [0.25, 0.3) is 11.0 Å². The SMILES string of the molecule is CC[C@H]1CN(Cc2nc3c(F)cccc3[nH]2)CCN1C[C@@H](C)O. The van der Waals surface area contributed by atoms with Crippen molar-refractivity contribution >= 4 is 11.0 Å². The lowest BCUT2D eigenvalue weighted by molar-refractivity contribution is 0.0330. The number of hydrogen-bond donors (Lipinski definition) is 2. The summed E-state index contributed by atoms with van der Waals surface area (Å²) >= 11 is 0. The maximum absolute atomic E-state index is 13.7. The van der Waals surface area contributed by atoms with Crippen LogP contribution in [0.2, 0.25) is 0 Å². The Morgan fingerprint density at radius 2 is 2.26 bits per heavy atom. The smallest absolute Gasteiger partial charge is 0.151 e. The largest absolute Gasteiger partial charge is 0.392 e. The molecular formula is C17H25FN4O. The van der Waals surface area contributed by atoms with Crippen molar-refractivity contribution in [3.8, 4) is 0 Å². The molecule has 0 amide bonds. The van der Waals surface area contributed by atoms with Crippen LogP contribution in [0.5, 0.6) is 0 Å². The van der Waals surface area contributed by atoms with Crippen molar-refractivity contribution in [2.75, 3.05) is 26.2 Å². The number of rotatable bonds is 5. The third kappa shape index (κ3) is 3.71. The van der Waals surface area contributed by atoms with Gasteiger partial charge in [-0.1, -0.05) is 13.0 Å². The van der Waals surface area contributed by atoms with Gasteiger partial charge in [-0.3, -0.25) is 9.80 Å². The molecule has 1 aromatic heterocycles. The van der Waals surface area contributed by atoms with Crippen LogP contribution < -0.4 is 0 Å². The fraction of sp³-hybridized carbons (Fsp3) is 0.588. The Morgan fingerprint density at radius 1 is 1.43 bits per heavy atom. The maximum Gasteiger partial charge on any atom is 0.151 e. The predicted molar refractivity (Wildman–Crippen MR) is 88.7 cm³/mol. The molecule has 5 nitrogen and oxygen atoms in total. The van der Waals surface area contributed by atoms with Gasteiger partial charge in [0.1, 0.15) is 11.3 Å². The molecule has 3 rings (SSSR count). The number of halogens is 1. The molecule has 2 N–H and O–H groups in total. The molecule has 6 heteroatoms. The van der Waals surface area contributed by atoms with E-state index in [4.69, 9.17) is 0 Å². The molecule has 1 aromatic carbocycles. The number of imidazole rings is 1. The quantitative estimate of drug-likeness (QED) is 0.884. The zero-order chi connectivity index (χ0) is 16.4. The van der Waals surface area contributed by atoms with Gasteiger partial charge in [0.2, 0.25) is 0 Å². The van der Waals surface area contributed by atoms with Crippen molar-refractivity contribution in [3.05, 3.63) is 29.8 Å². The van der Waals surface area contributed by atoms with E-state index in [1.165, 1.54) is 6.07 Å². The number of nitrogens with zero attached hydrogens (tertiary/aromatic N) is 3. The molecular weight excluding hydrogens is 295 g/mol. The zero-order valence-corrected chi connectivity index (χ0v) is 13.8. The molecule has 0 aliphatic carbocycles. The second-order valence-electron chi connectivity index (χ2n) is 6.46. The van der Waals surface area contributed by atoms with Crippen molar-refractivity contribution in [3.63, 3.8) is 0 Å².